The number of nitrogens with zero attached hydrogens (tertiary/aromatic N) is 2. The van der Waals surface area contributed by atoms with E-state index in [-0.39, 0.29) is 5.75 Å². The molecule has 0 spiro atoms. The zero-order valence-electron chi connectivity index (χ0n) is 11.5. The topological polar surface area (TPSA) is 76.0 Å². The Morgan fingerprint density at radius 3 is 2.74 bits per heavy atom. The number of rotatable bonds is 11. The van der Waals surface area contributed by atoms with Crippen LogP contribution in [0.1, 0.15) is 26.2 Å². The predicted molar refractivity (Wildman–Crippen MR) is 76.4 cm³/mol. The third kappa shape index (κ3) is 7.97. The zero-order chi connectivity index (χ0) is 14.0. The number of aromatic nitrogens is 2. The summed E-state index contributed by atoms with van der Waals surface area (Å²) in [4.78, 5) is 3.90. The second kappa shape index (κ2) is 9.06. The molecule has 0 saturated carbocycles. The molecule has 1 aromatic heterocycles. The lowest BCUT2D eigenvalue weighted by molar-refractivity contribution is 0.565. The fraction of sp³-hybridized carbons (Fsp3) is 0.750. The maximum atomic E-state index is 11.7. The van der Waals surface area contributed by atoms with Crippen LogP contribution < -0.4 is 10.0 Å². The van der Waals surface area contributed by atoms with Crippen molar-refractivity contribution in [2.75, 3.05) is 25.4 Å². The van der Waals surface area contributed by atoms with E-state index < -0.39 is 10.0 Å². The lowest BCUT2D eigenvalue weighted by atomic mass is 10.3. The van der Waals surface area contributed by atoms with Gasteiger partial charge in [-0.2, -0.15) is 0 Å². The number of hydrogen-bond acceptors (Lipinski definition) is 4. The van der Waals surface area contributed by atoms with Crippen molar-refractivity contribution in [3.05, 3.63) is 18.7 Å². The molecule has 0 bridgehead atoms. The van der Waals surface area contributed by atoms with Crippen LogP contribution in [0, 0.1) is 0 Å². The van der Waals surface area contributed by atoms with Crippen LogP contribution in [0.4, 0.5) is 0 Å². The van der Waals surface area contributed by atoms with Crippen LogP contribution in [0.15, 0.2) is 18.7 Å². The standard InChI is InChI=1S/C12H24N4O2S/c1-2-5-13-6-3-4-11-19(17,18)15-8-10-16-9-7-14-12-16/h7,9,12-13,15H,2-6,8,10-11H2,1H3. The Bertz CT molecular complexity index is 417. The first-order valence-electron chi connectivity index (χ1n) is 6.78. The average molecular weight is 288 g/mol. The van der Waals surface area contributed by atoms with Crippen LogP contribution in [0.2, 0.25) is 0 Å². The van der Waals surface area contributed by atoms with E-state index >= 15 is 0 Å². The van der Waals surface area contributed by atoms with E-state index in [2.05, 4.69) is 21.9 Å². The van der Waals surface area contributed by atoms with Crippen molar-refractivity contribution >= 4 is 10.0 Å². The van der Waals surface area contributed by atoms with Gasteiger partial charge in [-0.3, -0.25) is 0 Å². The molecule has 0 aliphatic heterocycles. The van der Waals surface area contributed by atoms with E-state index in [4.69, 9.17) is 0 Å². The van der Waals surface area contributed by atoms with Crippen LogP contribution in [-0.2, 0) is 16.6 Å². The Kier molecular flexibility index (Phi) is 7.69. The summed E-state index contributed by atoms with van der Waals surface area (Å²) in [6, 6.07) is 0. The van der Waals surface area contributed by atoms with Crippen molar-refractivity contribution in [2.24, 2.45) is 0 Å². The Balaban J connectivity index is 2.07. The number of hydrogen-bond donors (Lipinski definition) is 2. The normalized spacial score (nSPS) is 11.8. The average Bonchev–Trinajstić information content (AvgIpc) is 2.86. The molecule has 0 radical (unpaired) electrons. The van der Waals surface area contributed by atoms with E-state index in [9.17, 15) is 8.42 Å². The van der Waals surface area contributed by atoms with Crippen molar-refractivity contribution in [1.82, 2.24) is 19.6 Å². The molecule has 1 heterocycles. The van der Waals surface area contributed by atoms with Gasteiger partial charge in [0, 0.05) is 25.5 Å². The molecule has 0 amide bonds. The molecule has 0 atom stereocenters. The fourth-order valence-corrected chi connectivity index (χ4v) is 2.80. The second-order valence-corrected chi connectivity index (χ2v) is 6.40. The van der Waals surface area contributed by atoms with E-state index in [1.54, 1.807) is 12.5 Å². The highest BCUT2D eigenvalue weighted by atomic mass is 32.2. The highest BCUT2D eigenvalue weighted by molar-refractivity contribution is 7.89. The highest BCUT2D eigenvalue weighted by Crippen LogP contribution is 1.94. The molecular weight excluding hydrogens is 264 g/mol. The smallest absolute Gasteiger partial charge is 0.211 e. The summed E-state index contributed by atoms with van der Waals surface area (Å²) in [6.45, 7) is 5.01. The molecular formula is C12H24N4O2S. The van der Waals surface area contributed by atoms with E-state index in [0.29, 0.717) is 19.5 Å². The van der Waals surface area contributed by atoms with E-state index in [1.165, 1.54) is 0 Å². The third-order valence-corrected chi connectivity index (χ3v) is 4.16. The van der Waals surface area contributed by atoms with Gasteiger partial charge >= 0.3 is 0 Å². The number of sulfonamides is 1. The minimum atomic E-state index is -3.14. The number of unbranched alkanes of at least 4 members (excludes halogenated alkanes) is 1. The molecule has 2 N–H and O–H groups in total. The minimum absolute atomic E-state index is 0.199. The van der Waals surface area contributed by atoms with Crippen LogP contribution in [0.25, 0.3) is 0 Å². The molecule has 19 heavy (non-hydrogen) atoms. The first-order valence-corrected chi connectivity index (χ1v) is 8.43. The maximum absolute atomic E-state index is 11.7. The molecule has 0 aromatic carbocycles. The Morgan fingerprint density at radius 1 is 1.21 bits per heavy atom. The molecule has 110 valence electrons. The van der Waals surface area contributed by atoms with Crippen molar-refractivity contribution < 1.29 is 8.42 Å². The summed E-state index contributed by atoms with van der Waals surface area (Å²) in [5.41, 5.74) is 0. The fourth-order valence-electron chi connectivity index (χ4n) is 1.67. The molecule has 0 aliphatic carbocycles. The summed E-state index contributed by atoms with van der Waals surface area (Å²) in [7, 11) is -3.14. The van der Waals surface area contributed by atoms with Gasteiger partial charge in [0.25, 0.3) is 0 Å². The van der Waals surface area contributed by atoms with Gasteiger partial charge in [0.1, 0.15) is 0 Å². The first-order chi connectivity index (χ1) is 9.14. The van der Waals surface area contributed by atoms with Gasteiger partial charge in [0.05, 0.1) is 12.1 Å². The maximum Gasteiger partial charge on any atom is 0.211 e. The third-order valence-electron chi connectivity index (χ3n) is 2.69. The van der Waals surface area contributed by atoms with Crippen LogP contribution in [0.3, 0.4) is 0 Å². The van der Waals surface area contributed by atoms with Gasteiger partial charge in [-0.15, -0.1) is 0 Å². The quantitative estimate of drug-likeness (QED) is 0.584. The first kappa shape index (κ1) is 16.1. The second-order valence-electron chi connectivity index (χ2n) is 4.47. The molecule has 6 nitrogen and oxygen atoms in total. The molecule has 1 aromatic rings. The van der Waals surface area contributed by atoms with Gasteiger partial charge in [-0.1, -0.05) is 6.92 Å². The monoisotopic (exact) mass is 288 g/mol. The van der Waals surface area contributed by atoms with Gasteiger partial charge in [-0.25, -0.2) is 18.1 Å². The van der Waals surface area contributed by atoms with Crippen molar-refractivity contribution in [1.29, 1.82) is 0 Å². The van der Waals surface area contributed by atoms with Gasteiger partial charge in [0.15, 0.2) is 0 Å². The van der Waals surface area contributed by atoms with Crippen LogP contribution in [-0.4, -0.2) is 43.4 Å². The van der Waals surface area contributed by atoms with Gasteiger partial charge in [0.2, 0.25) is 10.0 Å². The minimum Gasteiger partial charge on any atom is -0.336 e. The molecule has 0 saturated heterocycles. The van der Waals surface area contributed by atoms with E-state index in [1.807, 2.05) is 10.8 Å². The van der Waals surface area contributed by atoms with Crippen LogP contribution in [0.5, 0.6) is 0 Å². The summed E-state index contributed by atoms with van der Waals surface area (Å²) in [6.07, 6.45) is 7.85. The van der Waals surface area contributed by atoms with Crippen molar-refractivity contribution in [2.45, 2.75) is 32.7 Å². The Morgan fingerprint density at radius 2 is 2.05 bits per heavy atom. The number of imidazole rings is 1. The van der Waals surface area contributed by atoms with Crippen molar-refractivity contribution in [3.63, 3.8) is 0 Å². The lowest BCUT2D eigenvalue weighted by Gasteiger charge is -2.07. The molecule has 0 fully saturated rings. The molecule has 1 rings (SSSR count). The van der Waals surface area contributed by atoms with Crippen molar-refractivity contribution in [3.8, 4) is 0 Å². The lowest BCUT2D eigenvalue weighted by Crippen LogP contribution is -2.29. The zero-order valence-corrected chi connectivity index (χ0v) is 12.3. The summed E-state index contributed by atoms with van der Waals surface area (Å²) in [5, 5.41) is 3.26. The number of nitrogens with one attached hydrogen (secondary N) is 2. The molecule has 7 heteroatoms. The Hall–Kier alpha value is -0.920. The largest absolute Gasteiger partial charge is 0.336 e. The van der Waals surface area contributed by atoms with Crippen LogP contribution >= 0.6 is 0 Å². The Labute approximate surface area is 115 Å². The summed E-state index contributed by atoms with van der Waals surface area (Å²) in [5.74, 6) is 0.199. The molecule has 0 unspecified atom stereocenters. The predicted octanol–water partition coefficient (Wildman–Crippen LogP) is 0.582. The SMILES string of the molecule is CCCNCCCCS(=O)(=O)NCCn1ccnc1. The molecule has 0 aliphatic rings. The summed E-state index contributed by atoms with van der Waals surface area (Å²) < 4.78 is 27.8. The highest BCUT2D eigenvalue weighted by Gasteiger charge is 2.08. The van der Waals surface area contributed by atoms with E-state index in [0.717, 1.165) is 25.9 Å². The summed E-state index contributed by atoms with van der Waals surface area (Å²) >= 11 is 0. The van der Waals surface area contributed by atoms with Gasteiger partial charge < -0.3 is 9.88 Å². The van der Waals surface area contributed by atoms with Gasteiger partial charge in [-0.05, 0) is 32.4 Å².